The molecule has 0 spiro atoms. The minimum absolute atomic E-state index is 0.111. The molecular formula is C20H19ClFN3O3. The number of ether oxygens (including phenoxy) is 1. The van der Waals surface area contributed by atoms with E-state index in [9.17, 15) is 9.18 Å². The summed E-state index contributed by atoms with van der Waals surface area (Å²) in [6, 6.07) is 12.5. The van der Waals surface area contributed by atoms with Crippen LogP contribution in [0.25, 0.3) is 11.5 Å². The summed E-state index contributed by atoms with van der Waals surface area (Å²) < 4.78 is 24.1. The zero-order valence-electron chi connectivity index (χ0n) is 15.4. The normalized spacial score (nSPS) is 10.9. The lowest BCUT2D eigenvalue weighted by Crippen LogP contribution is -2.39. The van der Waals surface area contributed by atoms with Crippen LogP contribution in [0.4, 0.5) is 4.39 Å². The standard InChI is InChI=1S/C20H19ClFN3O3/c1-13(2)25(19(26)12-27-15-9-7-14(22)8-10-15)11-18-23-24-20(28-18)16-5-3-4-6-17(16)21/h3-10,13H,11-12H2,1-2H3. The molecule has 28 heavy (non-hydrogen) atoms. The highest BCUT2D eigenvalue weighted by atomic mass is 35.5. The molecule has 8 heteroatoms. The summed E-state index contributed by atoms with van der Waals surface area (Å²) in [5, 5.41) is 8.53. The smallest absolute Gasteiger partial charge is 0.261 e. The molecule has 0 fully saturated rings. The van der Waals surface area contributed by atoms with Crippen molar-refractivity contribution >= 4 is 17.5 Å². The second-order valence-corrected chi connectivity index (χ2v) is 6.75. The van der Waals surface area contributed by atoms with Gasteiger partial charge in [-0.1, -0.05) is 23.7 Å². The molecule has 0 aliphatic heterocycles. The Morgan fingerprint density at radius 3 is 2.57 bits per heavy atom. The predicted molar refractivity (Wildman–Crippen MR) is 102 cm³/mol. The van der Waals surface area contributed by atoms with Crippen LogP contribution in [-0.4, -0.2) is 33.7 Å². The molecule has 3 rings (SSSR count). The molecule has 1 amide bonds. The van der Waals surface area contributed by atoms with Crippen molar-refractivity contribution in [1.82, 2.24) is 15.1 Å². The molecule has 146 valence electrons. The van der Waals surface area contributed by atoms with Crippen molar-refractivity contribution in [2.24, 2.45) is 0 Å². The van der Waals surface area contributed by atoms with E-state index >= 15 is 0 Å². The van der Waals surface area contributed by atoms with Gasteiger partial charge in [0, 0.05) is 6.04 Å². The zero-order chi connectivity index (χ0) is 20.1. The molecule has 0 N–H and O–H groups in total. The van der Waals surface area contributed by atoms with Crippen molar-refractivity contribution < 1.29 is 18.3 Å². The Labute approximate surface area is 166 Å². The van der Waals surface area contributed by atoms with Crippen LogP contribution < -0.4 is 4.74 Å². The number of carbonyl (C=O) groups excluding carboxylic acids is 1. The number of aromatic nitrogens is 2. The van der Waals surface area contributed by atoms with Crippen LogP contribution in [0, 0.1) is 5.82 Å². The van der Waals surface area contributed by atoms with Crippen LogP contribution in [0.1, 0.15) is 19.7 Å². The SMILES string of the molecule is CC(C)N(Cc1nnc(-c2ccccc2Cl)o1)C(=O)COc1ccc(F)cc1. The van der Waals surface area contributed by atoms with Gasteiger partial charge in [-0.3, -0.25) is 4.79 Å². The minimum atomic E-state index is -0.367. The van der Waals surface area contributed by atoms with Gasteiger partial charge in [0.15, 0.2) is 6.61 Å². The molecule has 0 aliphatic rings. The van der Waals surface area contributed by atoms with E-state index in [0.717, 1.165) is 0 Å². The highest BCUT2D eigenvalue weighted by Gasteiger charge is 2.21. The summed E-state index contributed by atoms with van der Waals surface area (Å²) in [6.07, 6.45) is 0. The lowest BCUT2D eigenvalue weighted by Gasteiger charge is -2.25. The van der Waals surface area contributed by atoms with E-state index < -0.39 is 0 Å². The Balaban J connectivity index is 1.67. The van der Waals surface area contributed by atoms with Crippen LogP contribution in [0.2, 0.25) is 5.02 Å². The van der Waals surface area contributed by atoms with Crippen LogP contribution in [0.15, 0.2) is 52.9 Å². The first-order chi connectivity index (χ1) is 13.4. The molecule has 3 aromatic rings. The second kappa shape index (κ2) is 8.84. The Hall–Kier alpha value is -2.93. The Bertz CT molecular complexity index is 944. The number of benzene rings is 2. The Morgan fingerprint density at radius 1 is 1.18 bits per heavy atom. The molecule has 0 radical (unpaired) electrons. The molecule has 0 aliphatic carbocycles. The molecule has 0 bridgehead atoms. The summed E-state index contributed by atoms with van der Waals surface area (Å²) in [6.45, 7) is 3.71. The predicted octanol–water partition coefficient (Wildman–Crippen LogP) is 4.35. The zero-order valence-corrected chi connectivity index (χ0v) is 16.2. The van der Waals surface area contributed by atoms with E-state index in [0.29, 0.717) is 28.1 Å². The van der Waals surface area contributed by atoms with E-state index in [4.69, 9.17) is 20.8 Å². The maximum Gasteiger partial charge on any atom is 0.261 e. The van der Waals surface area contributed by atoms with E-state index in [-0.39, 0.29) is 30.9 Å². The van der Waals surface area contributed by atoms with Gasteiger partial charge in [-0.25, -0.2) is 4.39 Å². The minimum Gasteiger partial charge on any atom is -0.484 e. The van der Waals surface area contributed by atoms with Crippen LogP contribution in [0.5, 0.6) is 5.75 Å². The average Bonchev–Trinajstić information content (AvgIpc) is 3.14. The van der Waals surface area contributed by atoms with E-state index in [2.05, 4.69) is 10.2 Å². The number of nitrogens with zero attached hydrogens (tertiary/aromatic N) is 3. The lowest BCUT2D eigenvalue weighted by atomic mass is 10.2. The number of amides is 1. The Kier molecular flexibility index (Phi) is 6.26. The molecule has 6 nitrogen and oxygen atoms in total. The third-order valence-electron chi connectivity index (χ3n) is 4.00. The summed E-state index contributed by atoms with van der Waals surface area (Å²) in [5.74, 6) is 0.375. The maximum absolute atomic E-state index is 12.9. The van der Waals surface area contributed by atoms with Crippen molar-refractivity contribution in [2.45, 2.75) is 26.4 Å². The topological polar surface area (TPSA) is 68.5 Å². The number of rotatable bonds is 7. The van der Waals surface area contributed by atoms with Gasteiger partial charge in [-0.2, -0.15) is 0 Å². The van der Waals surface area contributed by atoms with Crippen LogP contribution >= 0.6 is 11.6 Å². The van der Waals surface area contributed by atoms with Gasteiger partial charge in [0.05, 0.1) is 17.1 Å². The molecule has 0 saturated heterocycles. The van der Waals surface area contributed by atoms with Crippen LogP contribution in [0.3, 0.4) is 0 Å². The number of hydrogen-bond acceptors (Lipinski definition) is 5. The Morgan fingerprint density at radius 2 is 1.89 bits per heavy atom. The van der Waals surface area contributed by atoms with Gasteiger partial charge in [0.2, 0.25) is 11.8 Å². The number of carbonyl (C=O) groups is 1. The second-order valence-electron chi connectivity index (χ2n) is 6.34. The van der Waals surface area contributed by atoms with E-state index in [1.54, 1.807) is 17.0 Å². The van der Waals surface area contributed by atoms with Gasteiger partial charge in [-0.15, -0.1) is 10.2 Å². The monoisotopic (exact) mass is 403 g/mol. The molecule has 1 aromatic heterocycles. The maximum atomic E-state index is 12.9. The number of halogens is 2. The van der Waals surface area contributed by atoms with Gasteiger partial charge >= 0.3 is 0 Å². The first-order valence-corrected chi connectivity index (χ1v) is 9.07. The first-order valence-electron chi connectivity index (χ1n) is 8.69. The lowest BCUT2D eigenvalue weighted by molar-refractivity contribution is -0.136. The van der Waals surface area contributed by atoms with Gasteiger partial charge < -0.3 is 14.1 Å². The van der Waals surface area contributed by atoms with Crippen molar-refractivity contribution in [3.63, 3.8) is 0 Å². The summed E-state index contributed by atoms with van der Waals surface area (Å²) in [4.78, 5) is 14.1. The van der Waals surface area contributed by atoms with Crippen molar-refractivity contribution in [2.75, 3.05) is 6.61 Å². The van der Waals surface area contributed by atoms with Gasteiger partial charge in [0.1, 0.15) is 11.6 Å². The summed E-state index contributed by atoms with van der Waals surface area (Å²) in [5.41, 5.74) is 0.630. The third-order valence-corrected chi connectivity index (χ3v) is 4.33. The molecular weight excluding hydrogens is 385 g/mol. The highest BCUT2D eigenvalue weighted by molar-refractivity contribution is 6.33. The summed E-state index contributed by atoms with van der Waals surface area (Å²) >= 11 is 6.15. The molecule has 0 unspecified atom stereocenters. The van der Waals surface area contributed by atoms with Gasteiger partial charge in [0.25, 0.3) is 5.91 Å². The fourth-order valence-electron chi connectivity index (χ4n) is 2.52. The van der Waals surface area contributed by atoms with E-state index in [1.807, 2.05) is 26.0 Å². The molecule has 0 atom stereocenters. The molecule has 1 heterocycles. The van der Waals surface area contributed by atoms with E-state index in [1.165, 1.54) is 24.3 Å². The summed E-state index contributed by atoms with van der Waals surface area (Å²) in [7, 11) is 0. The fourth-order valence-corrected chi connectivity index (χ4v) is 2.74. The molecule has 2 aromatic carbocycles. The first kappa shape index (κ1) is 19.8. The van der Waals surface area contributed by atoms with Crippen molar-refractivity contribution in [3.05, 3.63) is 65.3 Å². The largest absolute Gasteiger partial charge is 0.484 e. The van der Waals surface area contributed by atoms with Crippen LogP contribution in [-0.2, 0) is 11.3 Å². The van der Waals surface area contributed by atoms with Crippen molar-refractivity contribution in [1.29, 1.82) is 0 Å². The third kappa shape index (κ3) is 4.86. The fraction of sp³-hybridized carbons (Fsp3) is 0.250. The molecule has 0 saturated carbocycles. The highest BCUT2D eigenvalue weighted by Crippen LogP contribution is 2.26. The average molecular weight is 404 g/mol. The van der Waals surface area contributed by atoms with Crippen molar-refractivity contribution in [3.8, 4) is 17.2 Å². The number of hydrogen-bond donors (Lipinski definition) is 0. The quantitative estimate of drug-likeness (QED) is 0.586. The van der Waals surface area contributed by atoms with Gasteiger partial charge in [-0.05, 0) is 50.2 Å².